The van der Waals surface area contributed by atoms with E-state index in [0.717, 1.165) is 0 Å². The highest BCUT2D eigenvalue weighted by Gasteiger charge is 2.35. The van der Waals surface area contributed by atoms with Gasteiger partial charge in [0.25, 0.3) is 0 Å². The van der Waals surface area contributed by atoms with E-state index < -0.39 is 11.8 Å². The molecule has 2 heterocycles. The Morgan fingerprint density at radius 1 is 1.00 bits per heavy atom. The highest BCUT2D eigenvalue weighted by molar-refractivity contribution is 6.29. The zero-order valence-corrected chi connectivity index (χ0v) is 15.8. The molecule has 0 fully saturated rings. The summed E-state index contributed by atoms with van der Waals surface area (Å²) in [5.41, 5.74) is 1.27. The lowest BCUT2D eigenvalue weighted by molar-refractivity contribution is 0.0519. The second kappa shape index (κ2) is 7.27. The summed E-state index contributed by atoms with van der Waals surface area (Å²) in [5.74, 6) is -0.840. The average molecular weight is 388 g/mol. The summed E-state index contributed by atoms with van der Waals surface area (Å²) in [5, 5.41) is 0. The molecule has 144 valence electrons. The molecule has 0 saturated heterocycles. The second-order valence-corrected chi connectivity index (χ2v) is 6.29. The van der Waals surface area contributed by atoms with E-state index >= 15 is 0 Å². The largest absolute Gasteiger partial charge is 0.497 e. The molecule has 1 aliphatic carbocycles. The third-order valence-electron chi connectivity index (χ3n) is 4.61. The zero-order valence-electron chi connectivity index (χ0n) is 15.8. The number of esters is 1. The van der Waals surface area contributed by atoms with Gasteiger partial charge in [0.05, 0.1) is 30.5 Å². The fourth-order valence-electron chi connectivity index (χ4n) is 3.25. The maximum Gasteiger partial charge on any atom is 0.356 e. The van der Waals surface area contributed by atoms with Crippen LogP contribution in [0, 0.1) is 0 Å². The lowest BCUT2D eigenvalue weighted by Crippen LogP contribution is -2.25. The summed E-state index contributed by atoms with van der Waals surface area (Å²) in [6.45, 7) is 1.84. The van der Waals surface area contributed by atoms with Gasteiger partial charge in [-0.1, -0.05) is 0 Å². The van der Waals surface area contributed by atoms with Gasteiger partial charge < -0.3 is 9.47 Å². The van der Waals surface area contributed by atoms with Crippen molar-refractivity contribution in [2.24, 2.45) is 0 Å². The van der Waals surface area contributed by atoms with Gasteiger partial charge in [-0.25, -0.2) is 9.78 Å². The molecule has 1 aliphatic rings. The topological polar surface area (TPSA) is 95.5 Å². The standard InChI is InChI=1S/C22H16N2O5/c1-3-29-22(27)16-11-15-17(18(24-16)12-6-8-13(28-2)9-7-12)20(25)14-5-4-10-23-19(14)21(15)26/h4-11H,3H2,1-2H3. The normalized spacial score (nSPS) is 12.2. The zero-order chi connectivity index (χ0) is 20.5. The molecule has 7 nitrogen and oxygen atoms in total. The number of ether oxygens (including phenoxy) is 2. The number of hydrogen-bond donors (Lipinski definition) is 0. The molecule has 2 aromatic heterocycles. The third kappa shape index (κ3) is 3.06. The first-order chi connectivity index (χ1) is 14.0. The number of nitrogens with zero attached hydrogens (tertiary/aromatic N) is 2. The summed E-state index contributed by atoms with van der Waals surface area (Å²) < 4.78 is 10.2. The van der Waals surface area contributed by atoms with Crippen LogP contribution in [-0.2, 0) is 4.74 Å². The van der Waals surface area contributed by atoms with Crippen LogP contribution < -0.4 is 4.74 Å². The summed E-state index contributed by atoms with van der Waals surface area (Å²) in [4.78, 5) is 47.0. The maximum absolute atomic E-state index is 13.2. The van der Waals surface area contributed by atoms with Crippen molar-refractivity contribution < 1.29 is 23.9 Å². The van der Waals surface area contributed by atoms with Gasteiger partial charge in [-0.15, -0.1) is 0 Å². The predicted molar refractivity (Wildman–Crippen MR) is 103 cm³/mol. The second-order valence-electron chi connectivity index (χ2n) is 6.29. The van der Waals surface area contributed by atoms with Gasteiger partial charge in [0.15, 0.2) is 5.78 Å². The van der Waals surface area contributed by atoms with E-state index in [1.54, 1.807) is 50.4 Å². The molecule has 1 aromatic carbocycles. The number of methoxy groups -OCH3 is 1. The molecule has 0 amide bonds. The molecule has 0 bridgehead atoms. The minimum absolute atomic E-state index is 0.0445. The van der Waals surface area contributed by atoms with E-state index in [0.29, 0.717) is 11.3 Å². The Bertz CT molecular complexity index is 1150. The van der Waals surface area contributed by atoms with Crippen LogP contribution in [0.1, 0.15) is 49.4 Å². The molecule has 29 heavy (non-hydrogen) atoms. The Hall–Kier alpha value is -3.87. The number of pyridine rings is 2. The van der Waals surface area contributed by atoms with Crippen molar-refractivity contribution in [3.63, 3.8) is 0 Å². The minimum atomic E-state index is -0.669. The summed E-state index contributed by atoms with van der Waals surface area (Å²) in [7, 11) is 1.54. The molecule has 0 aliphatic heterocycles. The van der Waals surface area contributed by atoms with Gasteiger partial charge in [-0.3, -0.25) is 14.6 Å². The summed E-state index contributed by atoms with van der Waals surface area (Å²) >= 11 is 0. The van der Waals surface area contributed by atoms with Gasteiger partial charge in [-0.2, -0.15) is 0 Å². The van der Waals surface area contributed by atoms with E-state index in [2.05, 4.69) is 9.97 Å². The van der Waals surface area contributed by atoms with E-state index in [1.165, 1.54) is 12.3 Å². The molecule has 3 aromatic rings. The van der Waals surface area contributed by atoms with Crippen LogP contribution >= 0.6 is 0 Å². The van der Waals surface area contributed by atoms with Crippen molar-refractivity contribution in [1.82, 2.24) is 9.97 Å². The first-order valence-corrected chi connectivity index (χ1v) is 8.96. The number of aromatic nitrogens is 2. The Kier molecular flexibility index (Phi) is 4.64. The minimum Gasteiger partial charge on any atom is -0.497 e. The molecule has 0 N–H and O–H groups in total. The quantitative estimate of drug-likeness (QED) is 0.496. The highest BCUT2D eigenvalue weighted by atomic mass is 16.5. The van der Waals surface area contributed by atoms with Gasteiger partial charge in [0, 0.05) is 17.3 Å². The Morgan fingerprint density at radius 2 is 1.76 bits per heavy atom. The average Bonchev–Trinajstić information content (AvgIpc) is 2.77. The molecular weight excluding hydrogens is 372 g/mol. The van der Waals surface area contributed by atoms with Gasteiger partial charge in [0.2, 0.25) is 5.78 Å². The number of carbonyl (C=O) groups excluding carboxylic acids is 3. The van der Waals surface area contributed by atoms with Crippen molar-refractivity contribution in [2.75, 3.05) is 13.7 Å². The first-order valence-electron chi connectivity index (χ1n) is 8.96. The van der Waals surface area contributed by atoms with Crippen molar-refractivity contribution >= 4 is 17.5 Å². The lowest BCUT2D eigenvalue weighted by atomic mass is 9.84. The maximum atomic E-state index is 13.2. The van der Waals surface area contributed by atoms with Gasteiger partial charge in [-0.05, 0) is 49.4 Å². The van der Waals surface area contributed by atoms with Crippen LogP contribution in [0.15, 0.2) is 48.7 Å². The highest BCUT2D eigenvalue weighted by Crippen LogP contribution is 2.34. The van der Waals surface area contributed by atoms with Crippen LogP contribution in [0.4, 0.5) is 0 Å². The Balaban J connectivity index is 1.98. The smallest absolute Gasteiger partial charge is 0.356 e. The summed E-state index contributed by atoms with van der Waals surface area (Å²) in [6.07, 6.45) is 1.45. The van der Waals surface area contributed by atoms with Crippen molar-refractivity contribution in [1.29, 1.82) is 0 Å². The molecule has 4 rings (SSSR count). The number of rotatable bonds is 4. The van der Waals surface area contributed by atoms with Crippen LogP contribution in [0.25, 0.3) is 11.3 Å². The molecule has 0 radical (unpaired) electrons. The predicted octanol–water partition coefficient (Wildman–Crippen LogP) is 3.10. The third-order valence-corrected chi connectivity index (χ3v) is 4.61. The first kappa shape index (κ1) is 18.5. The lowest BCUT2D eigenvalue weighted by Gasteiger charge is -2.20. The monoisotopic (exact) mass is 388 g/mol. The van der Waals surface area contributed by atoms with Crippen molar-refractivity contribution in [3.05, 3.63) is 76.7 Å². The van der Waals surface area contributed by atoms with Crippen molar-refractivity contribution in [3.8, 4) is 17.0 Å². The molecule has 0 saturated carbocycles. The fourth-order valence-corrected chi connectivity index (χ4v) is 3.25. The fraction of sp³-hybridized carbons (Fsp3) is 0.136. The Labute approximate surface area is 166 Å². The van der Waals surface area contributed by atoms with Crippen LogP contribution in [-0.4, -0.2) is 41.2 Å². The van der Waals surface area contributed by atoms with E-state index in [1.807, 2.05) is 0 Å². The van der Waals surface area contributed by atoms with Gasteiger partial charge >= 0.3 is 5.97 Å². The van der Waals surface area contributed by atoms with Gasteiger partial charge in [0.1, 0.15) is 17.1 Å². The molecule has 0 atom stereocenters. The van der Waals surface area contributed by atoms with E-state index in [-0.39, 0.29) is 46.2 Å². The number of hydrogen-bond acceptors (Lipinski definition) is 7. The number of carbonyl (C=O) groups is 3. The molecular formula is C22H16N2O5. The van der Waals surface area contributed by atoms with Crippen LogP contribution in [0.2, 0.25) is 0 Å². The van der Waals surface area contributed by atoms with Crippen molar-refractivity contribution in [2.45, 2.75) is 6.92 Å². The SMILES string of the molecule is CCOC(=O)c1cc2c(c(-c3ccc(OC)cc3)n1)C(=O)c1cccnc1C2=O. The Morgan fingerprint density at radius 3 is 2.45 bits per heavy atom. The molecule has 0 spiro atoms. The van der Waals surface area contributed by atoms with E-state index in [4.69, 9.17) is 9.47 Å². The number of ketones is 2. The van der Waals surface area contributed by atoms with E-state index in [9.17, 15) is 14.4 Å². The van der Waals surface area contributed by atoms with Crippen LogP contribution in [0.5, 0.6) is 5.75 Å². The molecule has 0 unspecified atom stereocenters. The molecule has 7 heteroatoms. The number of fused-ring (bicyclic) bond motifs is 2. The summed E-state index contributed by atoms with van der Waals surface area (Å²) in [6, 6.07) is 11.3. The number of benzene rings is 1. The van der Waals surface area contributed by atoms with Crippen LogP contribution in [0.3, 0.4) is 0 Å².